The number of rotatable bonds is 5. The number of aryl methyl sites for hydroxylation is 1. The Bertz CT molecular complexity index is 633. The predicted molar refractivity (Wildman–Crippen MR) is 88.6 cm³/mol. The van der Waals surface area contributed by atoms with Crippen LogP contribution < -0.4 is 10.5 Å². The Morgan fingerprint density at radius 1 is 1.52 bits per heavy atom. The molecule has 1 aliphatic heterocycles. The van der Waals surface area contributed by atoms with Crippen LogP contribution in [-0.4, -0.2) is 54.5 Å². The number of carbonyl (C=O) groups excluding carboxylic acids is 1. The summed E-state index contributed by atoms with van der Waals surface area (Å²) in [4.78, 5) is 17.7. The second-order valence-electron chi connectivity index (χ2n) is 5.81. The monoisotopic (exact) mass is 365 g/mol. The van der Waals surface area contributed by atoms with Crippen molar-refractivity contribution in [2.24, 2.45) is 18.7 Å². The Morgan fingerprint density at radius 3 is 2.78 bits per heavy atom. The molecule has 0 bridgehead atoms. The summed E-state index contributed by atoms with van der Waals surface area (Å²) in [5.41, 5.74) is 5.72. The predicted octanol–water partition coefficient (Wildman–Crippen LogP) is -0.294. The molecule has 0 radical (unpaired) electrons. The Balaban J connectivity index is 0.00000264. The molecule has 132 valence electrons. The van der Waals surface area contributed by atoms with Crippen molar-refractivity contribution in [3.8, 4) is 0 Å². The molecule has 0 aliphatic carbocycles. The standard InChI is InChI=1S/C13H23N5O3S.ClH/c1-10-3-4-18(11(5-10)6-14)13(19)7-16-22(20,21)12-8-17(2)9-15-12;/h8-11,16H,3-7,14H2,1-2H3;1H. The van der Waals surface area contributed by atoms with Crippen LogP contribution in [0, 0.1) is 5.92 Å². The number of hydrogen-bond donors (Lipinski definition) is 2. The first-order valence-electron chi connectivity index (χ1n) is 7.30. The fourth-order valence-corrected chi connectivity index (χ4v) is 3.62. The lowest BCUT2D eigenvalue weighted by molar-refractivity contribution is -0.133. The van der Waals surface area contributed by atoms with Crippen LogP contribution in [-0.2, 0) is 21.9 Å². The summed E-state index contributed by atoms with van der Waals surface area (Å²) in [7, 11) is -2.09. The minimum Gasteiger partial charge on any atom is -0.339 e. The van der Waals surface area contributed by atoms with Crippen molar-refractivity contribution >= 4 is 28.3 Å². The van der Waals surface area contributed by atoms with Gasteiger partial charge in [0.25, 0.3) is 10.0 Å². The average Bonchev–Trinajstić information content (AvgIpc) is 2.92. The van der Waals surface area contributed by atoms with Gasteiger partial charge in [-0.3, -0.25) is 4.79 Å². The summed E-state index contributed by atoms with van der Waals surface area (Å²) in [6.45, 7) is 2.87. The SMILES string of the molecule is CC1CCN(C(=O)CNS(=O)(=O)c2cn(C)cn2)C(CN)C1.Cl. The molecular formula is C13H24ClN5O3S. The number of nitrogens with zero attached hydrogens (tertiary/aromatic N) is 3. The molecule has 3 N–H and O–H groups in total. The topological polar surface area (TPSA) is 110 Å². The van der Waals surface area contributed by atoms with Crippen molar-refractivity contribution in [3.63, 3.8) is 0 Å². The van der Waals surface area contributed by atoms with Crippen molar-refractivity contribution < 1.29 is 13.2 Å². The number of imidazole rings is 1. The Labute approximate surface area is 142 Å². The van der Waals surface area contributed by atoms with E-state index in [1.54, 1.807) is 11.9 Å². The first-order chi connectivity index (χ1) is 10.3. The molecule has 10 heteroatoms. The lowest BCUT2D eigenvalue weighted by Gasteiger charge is -2.38. The molecule has 1 aromatic heterocycles. The fourth-order valence-electron chi connectivity index (χ4n) is 2.66. The number of nitrogens with one attached hydrogen (secondary N) is 1. The Morgan fingerprint density at radius 2 is 2.22 bits per heavy atom. The van der Waals surface area contributed by atoms with Crippen LogP contribution in [0.5, 0.6) is 0 Å². The van der Waals surface area contributed by atoms with Crippen molar-refractivity contribution in [1.29, 1.82) is 0 Å². The van der Waals surface area contributed by atoms with Gasteiger partial charge in [-0.25, -0.2) is 18.1 Å². The van der Waals surface area contributed by atoms with Crippen LogP contribution in [0.3, 0.4) is 0 Å². The summed E-state index contributed by atoms with van der Waals surface area (Å²) in [5.74, 6) is 0.282. The van der Waals surface area contributed by atoms with Gasteiger partial charge < -0.3 is 15.2 Å². The number of likely N-dealkylation sites (tertiary alicyclic amines) is 1. The van der Waals surface area contributed by atoms with Crippen LogP contribution in [0.25, 0.3) is 0 Å². The summed E-state index contributed by atoms with van der Waals surface area (Å²) in [6.07, 6.45) is 4.55. The van der Waals surface area contributed by atoms with Crippen molar-refractivity contribution in [3.05, 3.63) is 12.5 Å². The van der Waals surface area contributed by atoms with E-state index in [9.17, 15) is 13.2 Å². The Kier molecular flexibility index (Phi) is 7.00. The highest BCUT2D eigenvalue weighted by Crippen LogP contribution is 2.21. The van der Waals surface area contributed by atoms with Gasteiger partial charge in [0, 0.05) is 32.4 Å². The second-order valence-corrected chi connectivity index (χ2v) is 7.52. The fraction of sp³-hybridized carbons (Fsp3) is 0.692. The van der Waals surface area contributed by atoms with E-state index in [1.807, 2.05) is 0 Å². The molecule has 2 heterocycles. The molecule has 0 aromatic carbocycles. The largest absolute Gasteiger partial charge is 0.339 e. The van der Waals surface area contributed by atoms with Crippen molar-refractivity contribution in [1.82, 2.24) is 19.2 Å². The quantitative estimate of drug-likeness (QED) is 0.744. The summed E-state index contributed by atoms with van der Waals surface area (Å²) in [5, 5.41) is -0.0922. The van der Waals surface area contributed by atoms with Gasteiger partial charge in [-0.1, -0.05) is 6.92 Å². The van der Waals surface area contributed by atoms with E-state index in [0.717, 1.165) is 12.8 Å². The van der Waals surface area contributed by atoms with Gasteiger partial charge in [0.2, 0.25) is 5.91 Å². The minimum atomic E-state index is -3.77. The molecule has 2 unspecified atom stereocenters. The number of nitrogens with two attached hydrogens (primary N) is 1. The normalized spacial score (nSPS) is 21.8. The van der Waals surface area contributed by atoms with Crippen molar-refractivity contribution in [2.45, 2.75) is 30.8 Å². The van der Waals surface area contributed by atoms with Crippen LogP contribution >= 0.6 is 12.4 Å². The number of amides is 1. The van der Waals surface area contributed by atoms with Gasteiger partial charge in [-0.15, -0.1) is 12.4 Å². The lowest BCUT2D eigenvalue weighted by atomic mass is 9.92. The van der Waals surface area contributed by atoms with Gasteiger partial charge in [-0.2, -0.15) is 0 Å². The van der Waals surface area contributed by atoms with Crippen LogP contribution in [0.4, 0.5) is 0 Å². The van der Waals surface area contributed by atoms with Gasteiger partial charge >= 0.3 is 0 Å². The molecule has 2 atom stereocenters. The zero-order chi connectivity index (χ0) is 16.3. The van der Waals surface area contributed by atoms with E-state index in [0.29, 0.717) is 19.0 Å². The van der Waals surface area contributed by atoms with E-state index < -0.39 is 10.0 Å². The maximum absolute atomic E-state index is 12.3. The number of hydrogen-bond acceptors (Lipinski definition) is 5. The highest BCUT2D eigenvalue weighted by atomic mass is 35.5. The molecule has 1 aliphatic rings. The molecule has 1 aromatic rings. The Hall–Kier alpha value is -1.16. The number of sulfonamides is 1. The summed E-state index contributed by atoms with van der Waals surface area (Å²) in [6, 6.07) is -0.0180. The molecule has 1 fully saturated rings. The average molecular weight is 366 g/mol. The number of piperidine rings is 1. The summed E-state index contributed by atoms with van der Waals surface area (Å²) < 4.78 is 27.9. The highest BCUT2D eigenvalue weighted by molar-refractivity contribution is 7.89. The van der Waals surface area contributed by atoms with E-state index in [1.165, 1.54) is 17.1 Å². The third-order valence-corrected chi connectivity index (χ3v) is 5.23. The molecule has 8 nitrogen and oxygen atoms in total. The van der Waals surface area contributed by atoms with Crippen LogP contribution in [0.2, 0.25) is 0 Å². The zero-order valence-corrected chi connectivity index (χ0v) is 14.9. The molecule has 23 heavy (non-hydrogen) atoms. The van der Waals surface area contributed by atoms with Gasteiger partial charge in [0.05, 0.1) is 12.9 Å². The van der Waals surface area contributed by atoms with E-state index >= 15 is 0 Å². The van der Waals surface area contributed by atoms with Crippen molar-refractivity contribution in [2.75, 3.05) is 19.6 Å². The molecule has 0 saturated carbocycles. The first kappa shape index (κ1) is 19.9. The van der Waals surface area contributed by atoms with Gasteiger partial charge in [-0.05, 0) is 18.8 Å². The smallest absolute Gasteiger partial charge is 0.260 e. The number of halogens is 1. The first-order valence-corrected chi connectivity index (χ1v) is 8.79. The second kappa shape index (κ2) is 8.09. The van der Waals surface area contributed by atoms with Gasteiger partial charge in [0.1, 0.15) is 0 Å². The number of aromatic nitrogens is 2. The lowest BCUT2D eigenvalue weighted by Crippen LogP contribution is -2.52. The zero-order valence-electron chi connectivity index (χ0n) is 13.3. The molecule has 0 spiro atoms. The molecule has 1 saturated heterocycles. The van der Waals surface area contributed by atoms with E-state index in [2.05, 4.69) is 16.6 Å². The van der Waals surface area contributed by atoms with Crippen LogP contribution in [0.15, 0.2) is 17.6 Å². The summed E-state index contributed by atoms with van der Waals surface area (Å²) >= 11 is 0. The van der Waals surface area contributed by atoms with Crippen LogP contribution in [0.1, 0.15) is 19.8 Å². The van der Waals surface area contributed by atoms with E-state index in [-0.39, 0.29) is 35.9 Å². The third-order valence-electron chi connectivity index (χ3n) is 3.94. The van der Waals surface area contributed by atoms with Gasteiger partial charge in [0.15, 0.2) is 5.03 Å². The minimum absolute atomic E-state index is 0. The molecule has 1 amide bonds. The highest BCUT2D eigenvalue weighted by Gasteiger charge is 2.29. The third kappa shape index (κ3) is 4.90. The maximum Gasteiger partial charge on any atom is 0.260 e. The molecular weight excluding hydrogens is 342 g/mol. The number of carbonyl (C=O) groups is 1. The maximum atomic E-state index is 12.3. The molecule has 2 rings (SSSR count). The van der Waals surface area contributed by atoms with E-state index in [4.69, 9.17) is 5.73 Å².